The molecule has 1 heterocycles. The van der Waals surface area contributed by atoms with Gasteiger partial charge in [0, 0.05) is 13.7 Å². The molecule has 2 aliphatic rings. The van der Waals surface area contributed by atoms with Crippen LogP contribution in [0, 0.1) is 5.92 Å². The zero-order valence-corrected chi connectivity index (χ0v) is 10.7. The van der Waals surface area contributed by atoms with Crippen LogP contribution in [-0.2, 0) is 14.3 Å². The number of carbonyl (C=O) groups is 2. The number of ether oxygens (including phenoxy) is 1. The van der Waals surface area contributed by atoms with Crippen molar-refractivity contribution in [3.05, 3.63) is 0 Å². The van der Waals surface area contributed by atoms with Gasteiger partial charge in [0.1, 0.15) is 11.6 Å². The molecule has 2 amide bonds. The molecule has 2 rings (SSSR count). The third-order valence-electron chi connectivity index (χ3n) is 3.90. The number of rotatable bonds is 4. The summed E-state index contributed by atoms with van der Waals surface area (Å²) in [6.07, 6.45) is 2.05. The molecule has 17 heavy (non-hydrogen) atoms. The van der Waals surface area contributed by atoms with Crippen LogP contribution in [0.2, 0.25) is 0 Å². The van der Waals surface area contributed by atoms with E-state index in [-0.39, 0.29) is 11.8 Å². The highest BCUT2D eigenvalue weighted by Gasteiger charge is 2.56. The van der Waals surface area contributed by atoms with Crippen LogP contribution in [0.15, 0.2) is 0 Å². The van der Waals surface area contributed by atoms with Crippen LogP contribution in [0.3, 0.4) is 0 Å². The fourth-order valence-electron chi connectivity index (χ4n) is 2.57. The maximum atomic E-state index is 12.2. The van der Waals surface area contributed by atoms with Gasteiger partial charge in [-0.05, 0) is 32.6 Å². The molecule has 1 N–H and O–H groups in total. The van der Waals surface area contributed by atoms with Crippen LogP contribution in [0.4, 0.5) is 0 Å². The molecule has 0 spiro atoms. The summed E-state index contributed by atoms with van der Waals surface area (Å²) in [5.74, 6) is 0.273. The number of hydrogen-bond donors (Lipinski definition) is 1. The molecule has 0 bridgehead atoms. The van der Waals surface area contributed by atoms with Crippen molar-refractivity contribution in [2.24, 2.45) is 5.92 Å². The van der Waals surface area contributed by atoms with Gasteiger partial charge >= 0.3 is 0 Å². The molecule has 1 saturated heterocycles. The molecular weight excluding hydrogens is 220 g/mol. The number of amides is 2. The fraction of sp³-hybridized carbons (Fsp3) is 0.833. The van der Waals surface area contributed by atoms with E-state index in [1.165, 1.54) is 0 Å². The maximum absolute atomic E-state index is 12.2. The Morgan fingerprint density at radius 2 is 2.12 bits per heavy atom. The summed E-state index contributed by atoms with van der Waals surface area (Å²) in [6, 6.07) is -0.425. The molecule has 0 aromatic carbocycles. The van der Waals surface area contributed by atoms with Crippen molar-refractivity contribution >= 4 is 11.8 Å². The number of nitrogens with one attached hydrogen (secondary N) is 1. The Bertz CT molecular complexity index is 341. The summed E-state index contributed by atoms with van der Waals surface area (Å²) < 4.78 is 5.03. The Morgan fingerprint density at radius 1 is 1.47 bits per heavy atom. The van der Waals surface area contributed by atoms with Crippen LogP contribution in [0.25, 0.3) is 0 Å². The summed E-state index contributed by atoms with van der Waals surface area (Å²) >= 11 is 0. The topological polar surface area (TPSA) is 58.6 Å². The maximum Gasteiger partial charge on any atom is 0.246 e. The van der Waals surface area contributed by atoms with Crippen molar-refractivity contribution in [1.29, 1.82) is 0 Å². The third kappa shape index (κ3) is 1.92. The SMILES string of the molecule is COCCN1C(=O)C(C)NC(=O)C1(C)C1CC1. The molecule has 2 unspecified atom stereocenters. The molecule has 0 aromatic heterocycles. The van der Waals surface area contributed by atoms with E-state index in [9.17, 15) is 9.59 Å². The third-order valence-corrected chi connectivity index (χ3v) is 3.90. The molecule has 2 atom stereocenters. The first-order chi connectivity index (χ1) is 8.01. The van der Waals surface area contributed by atoms with Gasteiger partial charge < -0.3 is 15.0 Å². The summed E-state index contributed by atoms with van der Waals surface area (Å²) in [4.78, 5) is 26.1. The van der Waals surface area contributed by atoms with Crippen molar-refractivity contribution in [3.8, 4) is 0 Å². The Kier molecular flexibility index (Phi) is 3.12. The lowest BCUT2D eigenvalue weighted by molar-refractivity contribution is -0.158. The van der Waals surface area contributed by atoms with Gasteiger partial charge in [-0.15, -0.1) is 0 Å². The van der Waals surface area contributed by atoms with Crippen molar-refractivity contribution < 1.29 is 14.3 Å². The van der Waals surface area contributed by atoms with Gasteiger partial charge in [0.2, 0.25) is 11.8 Å². The van der Waals surface area contributed by atoms with E-state index in [1.807, 2.05) is 6.92 Å². The van der Waals surface area contributed by atoms with E-state index >= 15 is 0 Å². The summed E-state index contributed by atoms with van der Waals surface area (Å²) in [5, 5.41) is 2.78. The van der Waals surface area contributed by atoms with Gasteiger partial charge in [0.15, 0.2) is 0 Å². The number of hydrogen-bond acceptors (Lipinski definition) is 3. The highest BCUT2D eigenvalue weighted by molar-refractivity contribution is 5.99. The fourth-order valence-corrected chi connectivity index (χ4v) is 2.57. The average molecular weight is 240 g/mol. The van der Waals surface area contributed by atoms with Gasteiger partial charge in [-0.2, -0.15) is 0 Å². The van der Waals surface area contributed by atoms with Crippen molar-refractivity contribution in [3.63, 3.8) is 0 Å². The van der Waals surface area contributed by atoms with Gasteiger partial charge in [-0.3, -0.25) is 9.59 Å². The normalized spacial score (nSPS) is 33.8. The minimum atomic E-state index is -0.678. The summed E-state index contributed by atoms with van der Waals surface area (Å²) in [5.41, 5.74) is -0.678. The van der Waals surface area contributed by atoms with E-state index in [4.69, 9.17) is 4.74 Å². The van der Waals surface area contributed by atoms with Crippen molar-refractivity contribution in [2.75, 3.05) is 20.3 Å². The minimum absolute atomic E-state index is 0.00366. The Hall–Kier alpha value is -1.10. The highest BCUT2D eigenvalue weighted by atomic mass is 16.5. The smallest absolute Gasteiger partial charge is 0.246 e. The first kappa shape index (κ1) is 12.4. The van der Waals surface area contributed by atoms with E-state index in [0.717, 1.165) is 12.8 Å². The Morgan fingerprint density at radius 3 is 2.65 bits per heavy atom. The first-order valence-corrected chi connectivity index (χ1v) is 6.13. The average Bonchev–Trinajstić information content (AvgIpc) is 3.10. The molecule has 0 radical (unpaired) electrons. The molecule has 1 aliphatic heterocycles. The molecule has 2 fully saturated rings. The number of piperazine rings is 1. The van der Waals surface area contributed by atoms with Gasteiger partial charge in [-0.1, -0.05) is 0 Å². The molecular formula is C12H20N2O3. The lowest BCUT2D eigenvalue weighted by Gasteiger charge is -2.46. The van der Waals surface area contributed by atoms with Crippen molar-refractivity contribution in [2.45, 2.75) is 38.3 Å². The predicted octanol–water partition coefficient (Wildman–Crippen LogP) is 0.148. The van der Waals surface area contributed by atoms with Crippen molar-refractivity contribution in [1.82, 2.24) is 10.2 Å². The molecule has 0 aromatic rings. The van der Waals surface area contributed by atoms with Crippen LogP contribution >= 0.6 is 0 Å². The molecule has 5 heteroatoms. The van der Waals surface area contributed by atoms with Gasteiger partial charge in [0.25, 0.3) is 0 Å². The largest absolute Gasteiger partial charge is 0.383 e. The lowest BCUT2D eigenvalue weighted by atomic mass is 9.88. The predicted molar refractivity (Wildman–Crippen MR) is 62.3 cm³/mol. The second-order valence-electron chi connectivity index (χ2n) is 5.10. The number of carbonyl (C=O) groups excluding carboxylic acids is 2. The second kappa shape index (κ2) is 4.29. The van der Waals surface area contributed by atoms with E-state index < -0.39 is 11.6 Å². The number of nitrogens with zero attached hydrogens (tertiary/aromatic N) is 1. The van der Waals surface area contributed by atoms with E-state index in [0.29, 0.717) is 19.1 Å². The molecule has 1 saturated carbocycles. The quantitative estimate of drug-likeness (QED) is 0.761. The molecule has 1 aliphatic carbocycles. The zero-order chi connectivity index (χ0) is 12.6. The minimum Gasteiger partial charge on any atom is -0.383 e. The van der Waals surface area contributed by atoms with E-state index in [1.54, 1.807) is 18.9 Å². The Balaban J connectivity index is 2.24. The van der Waals surface area contributed by atoms with Crippen LogP contribution in [0.5, 0.6) is 0 Å². The summed E-state index contributed by atoms with van der Waals surface area (Å²) in [6.45, 7) is 4.56. The summed E-state index contributed by atoms with van der Waals surface area (Å²) in [7, 11) is 1.60. The lowest BCUT2D eigenvalue weighted by Crippen LogP contribution is -2.70. The van der Waals surface area contributed by atoms with E-state index in [2.05, 4.69) is 5.32 Å². The second-order valence-corrected chi connectivity index (χ2v) is 5.10. The van der Waals surface area contributed by atoms with Gasteiger partial charge in [-0.25, -0.2) is 0 Å². The van der Waals surface area contributed by atoms with Crippen LogP contribution in [0.1, 0.15) is 26.7 Å². The first-order valence-electron chi connectivity index (χ1n) is 6.13. The monoisotopic (exact) mass is 240 g/mol. The van der Waals surface area contributed by atoms with Gasteiger partial charge in [0.05, 0.1) is 6.61 Å². The van der Waals surface area contributed by atoms with Crippen LogP contribution < -0.4 is 5.32 Å². The standard InChI is InChI=1S/C12H20N2O3/c1-8-10(15)14(6-7-17-3)12(2,9-4-5-9)11(16)13-8/h8-9H,4-7H2,1-3H3,(H,13,16). The van der Waals surface area contributed by atoms with Crippen LogP contribution in [-0.4, -0.2) is 48.6 Å². The Labute approximate surface area is 101 Å². The molecule has 5 nitrogen and oxygen atoms in total. The zero-order valence-electron chi connectivity index (χ0n) is 10.7. The number of methoxy groups -OCH3 is 1. The highest BCUT2D eigenvalue weighted by Crippen LogP contribution is 2.44. The molecule has 96 valence electrons.